The molecule has 86 valence electrons. The summed E-state index contributed by atoms with van der Waals surface area (Å²) in [5.74, 6) is 0.612. The minimum Gasteiger partial charge on any atom is -0.311 e. The van der Waals surface area contributed by atoms with E-state index in [0.29, 0.717) is 5.92 Å². The molecule has 1 N–H and O–H groups in total. The molecule has 0 amide bonds. The number of nitrogens with one attached hydrogen (secondary N) is 1. The third-order valence-corrected chi connectivity index (χ3v) is 4.68. The van der Waals surface area contributed by atoms with Crippen LogP contribution in [0.15, 0.2) is 29.6 Å². The van der Waals surface area contributed by atoms with Crippen molar-refractivity contribution in [2.45, 2.75) is 26.3 Å². The highest BCUT2D eigenvalue weighted by molar-refractivity contribution is 7.11. The molecule has 0 aliphatic rings. The minimum absolute atomic E-state index is 0.612. The van der Waals surface area contributed by atoms with Gasteiger partial charge in [-0.25, -0.2) is 0 Å². The standard InChI is InChI=1S/C13H17NS2/c1-10(13-4-3-7-15-13)8-14-9-12-6-5-11(2)16-12/h3-7,10,14H,8-9H2,1-2H3. The van der Waals surface area contributed by atoms with Crippen LogP contribution in [0.25, 0.3) is 0 Å². The van der Waals surface area contributed by atoms with E-state index >= 15 is 0 Å². The van der Waals surface area contributed by atoms with E-state index < -0.39 is 0 Å². The van der Waals surface area contributed by atoms with Gasteiger partial charge in [-0.05, 0) is 30.5 Å². The van der Waals surface area contributed by atoms with Crippen LogP contribution >= 0.6 is 22.7 Å². The van der Waals surface area contributed by atoms with Gasteiger partial charge < -0.3 is 5.32 Å². The monoisotopic (exact) mass is 251 g/mol. The van der Waals surface area contributed by atoms with E-state index in [9.17, 15) is 0 Å². The van der Waals surface area contributed by atoms with Gasteiger partial charge >= 0.3 is 0 Å². The lowest BCUT2D eigenvalue weighted by atomic mass is 10.1. The number of rotatable bonds is 5. The van der Waals surface area contributed by atoms with Gasteiger partial charge in [0.05, 0.1) is 0 Å². The second-order valence-corrected chi connectivity index (χ2v) is 6.41. The van der Waals surface area contributed by atoms with Crippen molar-refractivity contribution in [3.63, 3.8) is 0 Å². The number of thiophene rings is 2. The molecule has 16 heavy (non-hydrogen) atoms. The summed E-state index contributed by atoms with van der Waals surface area (Å²) in [4.78, 5) is 4.29. The molecule has 0 aromatic carbocycles. The van der Waals surface area contributed by atoms with Gasteiger partial charge in [-0.1, -0.05) is 13.0 Å². The molecule has 0 saturated heterocycles. The van der Waals surface area contributed by atoms with Gasteiger partial charge in [0.15, 0.2) is 0 Å². The van der Waals surface area contributed by atoms with E-state index in [1.807, 2.05) is 22.7 Å². The zero-order valence-corrected chi connectivity index (χ0v) is 11.3. The molecular formula is C13H17NS2. The first kappa shape index (κ1) is 11.8. The lowest BCUT2D eigenvalue weighted by Gasteiger charge is -2.09. The van der Waals surface area contributed by atoms with E-state index in [1.54, 1.807) is 0 Å². The summed E-state index contributed by atoms with van der Waals surface area (Å²) in [6.45, 7) is 6.48. The molecule has 1 unspecified atom stereocenters. The van der Waals surface area contributed by atoms with Crippen molar-refractivity contribution >= 4 is 22.7 Å². The van der Waals surface area contributed by atoms with Gasteiger partial charge in [0.1, 0.15) is 0 Å². The summed E-state index contributed by atoms with van der Waals surface area (Å²) in [6, 6.07) is 8.73. The fourth-order valence-electron chi connectivity index (χ4n) is 1.66. The Morgan fingerprint density at radius 2 is 2.19 bits per heavy atom. The van der Waals surface area contributed by atoms with Gasteiger partial charge in [-0.15, -0.1) is 22.7 Å². The van der Waals surface area contributed by atoms with Gasteiger partial charge in [-0.2, -0.15) is 0 Å². The summed E-state index contributed by atoms with van der Waals surface area (Å²) in [5, 5.41) is 5.67. The Morgan fingerprint density at radius 3 is 2.81 bits per heavy atom. The van der Waals surface area contributed by atoms with E-state index in [-0.39, 0.29) is 0 Å². The van der Waals surface area contributed by atoms with Crippen LogP contribution in [0.3, 0.4) is 0 Å². The SMILES string of the molecule is Cc1ccc(CNCC(C)c2cccs2)s1. The van der Waals surface area contributed by atoms with Crippen LogP contribution < -0.4 is 5.32 Å². The first-order chi connectivity index (χ1) is 7.75. The van der Waals surface area contributed by atoms with Gasteiger partial charge in [0, 0.05) is 33.6 Å². The third kappa shape index (κ3) is 3.17. The van der Waals surface area contributed by atoms with E-state index in [4.69, 9.17) is 0 Å². The van der Waals surface area contributed by atoms with Crippen molar-refractivity contribution < 1.29 is 0 Å². The lowest BCUT2D eigenvalue weighted by molar-refractivity contribution is 0.625. The van der Waals surface area contributed by atoms with Crippen LogP contribution in [0, 0.1) is 6.92 Å². The molecular weight excluding hydrogens is 234 g/mol. The maximum atomic E-state index is 3.52. The van der Waals surface area contributed by atoms with Crippen molar-refractivity contribution in [3.05, 3.63) is 44.3 Å². The lowest BCUT2D eigenvalue weighted by Crippen LogP contribution is -2.18. The van der Waals surface area contributed by atoms with Gasteiger partial charge in [0.25, 0.3) is 0 Å². The Kier molecular flexibility index (Phi) is 4.16. The first-order valence-corrected chi connectivity index (χ1v) is 7.25. The summed E-state index contributed by atoms with van der Waals surface area (Å²) in [7, 11) is 0. The molecule has 0 fully saturated rings. The van der Waals surface area contributed by atoms with Gasteiger partial charge in [-0.3, -0.25) is 0 Å². The van der Waals surface area contributed by atoms with Crippen molar-refractivity contribution in [1.82, 2.24) is 5.32 Å². The molecule has 1 nitrogen and oxygen atoms in total. The molecule has 2 aromatic rings. The summed E-state index contributed by atoms with van der Waals surface area (Å²) in [6.07, 6.45) is 0. The maximum absolute atomic E-state index is 3.52. The molecule has 1 atom stereocenters. The highest BCUT2D eigenvalue weighted by Crippen LogP contribution is 2.20. The van der Waals surface area contributed by atoms with Crippen molar-refractivity contribution in [2.75, 3.05) is 6.54 Å². The highest BCUT2D eigenvalue weighted by atomic mass is 32.1. The maximum Gasteiger partial charge on any atom is 0.0300 e. The molecule has 2 heterocycles. The van der Waals surface area contributed by atoms with Crippen molar-refractivity contribution in [2.24, 2.45) is 0 Å². The predicted molar refractivity (Wildman–Crippen MR) is 73.5 cm³/mol. The molecule has 0 aliphatic heterocycles. The minimum atomic E-state index is 0.612. The summed E-state index contributed by atoms with van der Waals surface area (Å²) >= 11 is 3.72. The largest absolute Gasteiger partial charge is 0.311 e. The zero-order valence-electron chi connectivity index (χ0n) is 9.69. The smallest absolute Gasteiger partial charge is 0.0300 e. The normalized spacial score (nSPS) is 12.9. The first-order valence-electron chi connectivity index (χ1n) is 5.55. The summed E-state index contributed by atoms with van der Waals surface area (Å²) < 4.78 is 0. The van der Waals surface area contributed by atoms with E-state index in [2.05, 4.69) is 48.8 Å². The van der Waals surface area contributed by atoms with Gasteiger partial charge in [0.2, 0.25) is 0 Å². The third-order valence-electron chi connectivity index (χ3n) is 2.57. The Labute approximate surface area is 105 Å². The Hall–Kier alpha value is -0.640. The zero-order chi connectivity index (χ0) is 11.4. The molecule has 0 aliphatic carbocycles. The fraction of sp³-hybridized carbons (Fsp3) is 0.385. The van der Waals surface area contributed by atoms with Crippen LogP contribution in [0.1, 0.15) is 27.5 Å². The average molecular weight is 251 g/mol. The number of hydrogen-bond acceptors (Lipinski definition) is 3. The Balaban J connectivity index is 1.76. The second kappa shape index (κ2) is 5.62. The van der Waals surface area contributed by atoms with Crippen LogP contribution in [-0.2, 0) is 6.54 Å². The Bertz CT molecular complexity index is 417. The van der Waals surface area contributed by atoms with Crippen molar-refractivity contribution in [1.29, 1.82) is 0 Å². The van der Waals surface area contributed by atoms with Crippen LogP contribution in [-0.4, -0.2) is 6.54 Å². The molecule has 0 spiro atoms. The number of aryl methyl sites for hydroxylation is 1. The molecule has 3 heteroatoms. The number of hydrogen-bond donors (Lipinski definition) is 1. The molecule has 0 radical (unpaired) electrons. The average Bonchev–Trinajstić information content (AvgIpc) is 2.89. The second-order valence-electron chi connectivity index (χ2n) is 4.06. The fourth-order valence-corrected chi connectivity index (χ4v) is 3.31. The molecule has 2 rings (SSSR count). The molecule has 0 saturated carbocycles. The Morgan fingerprint density at radius 1 is 1.31 bits per heavy atom. The van der Waals surface area contributed by atoms with E-state index in [1.165, 1.54) is 14.6 Å². The van der Waals surface area contributed by atoms with Crippen LogP contribution in [0.2, 0.25) is 0 Å². The van der Waals surface area contributed by atoms with Crippen LogP contribution in [0.5, 0.6) is 0 Å². The molecule has 2 aromatic heterocycles. The van der Waals surface area contributed by atoms with Crippen molar-refractivity contribution in [3.8, 4) is 0 Å². The highest BCUT2D eigenvalue weighted by Gasteiger charge is 2.05. The predicted octanol–water partition coefficient (Wildman–Crippen LogP) is 4.01. The van der Waals surface area contributed by atoms with E-state index in [0.717, 1.165) is 13.1 Å². The van der Waals surface area contributed by atoms with Crippen LogP contribution in [0.4, 0.5) is 0 Å². The molecule has 0 bridgehead atoms. The summed E-state index contributed by atoms with van der Waals surface area (Å²) in [5.41, 5.74) is 0. The quantitative estimate of drug-likeness (QED) is 0.846. The topological polar surface area (TPSA) is 12.0 Å².